The Kier molecular flexibility index (Phi) is 4.72. The van der Waals surface area contributed by atoms with Gasteiger partial charge in [-0.05, 0) is 48.9 Å². The number of fused-ring (bicyclic) bond motifs is 1. The number of aryl methyl sites for hydroxylation is 1. The molecule has 0 fully saturated rings. The van der Waals surface area contributed by atoms with Crippen LogP contribution < -0.4 is 5.73 Å². The number of aromatic nitrogens is 3. The van der Waals surface area contributed by atoms with Crippen LogP contribution >= 0.6 is 0 Å². The fourth-order valence-electron chi connectivity index (χ4n) is 3.91. The van der Waals surface area contributed by atoms with E-state index in [0.29, 0.717) is 36.1 Å². The second kappa shape index (κ2) is 7.36. The van der Waals surface area contributed by atoms with Gasteiger partial charge in [-0.1, -0.05) is 6.07 Å². The molecule has 29 heavy (non-hydrogen) atoms. The first-order chi connectivity index (χ1) is 14.0. The molecule has 0 aliphatic heterocycles. The van der Waals surface area contributed by atoms with E-state index in [2.05, 4.69) is 16.2 Å². The molecule has 1 aromatic carbocycles. The normalized spacial score (nSPS) is 15.5. The number of anilines is 1. The number of carboxylic acids is 1. The third kappa shape index (κ3) is 3.55. The highest BCUT2D eigenvalue weighted by molar-refractivity contribution is 5.79. The molecule has 0 amide bonds. The minimum absolute atomic E-state index is 0.0334. The lowest BCUT2D eigenvalue weighted by Gasteiger charge is -2.26. The molecule has 1 aliphatic carbocycles. The molecular weight excluding hydrogens is 373 g/mol. The SMILES string of the molecule is N#Cc1c(N)nc2c(c1-c1cnn(-c3cccc(F)c3)c1)CC(CC(=O)O)CC2. The van der Waals surface area contributed by atoms with Gasteiger partial charge in [-0.25, -0.2) is 14.1 Å². The second-order valence-electron chi connectivity index (χ2n) is 7.14. The van der Waals surface area contributed by atoms with Crippen LogP contribution in [0.4, 0.5) is 10.2 Å². The zero-order chi connectivity index (χ0) is 20.5. The predicted molar refractivity (Wildman–Crippen MR) is 104 cm³/mol. The van der Waals surface area contributed by atoms with Crippen LogP contribution in [0, 0.1) is 23.1 Å². The Bertz CT molecular complexity index is 1150. The first kappa shape index (κ1) is 18.6. The fraction of sp³-hybridized carbons (Fsp3) is 0.238. The van der Waals surface area contributed by atoms with Gasteiger partial charge in [0, 0.05) is 29.4 Å². The maximum Gasteiger partial charge on any atom is 0.303 e. The van der Waals surface area contributed by atoms with E-state index in [9.17, 15) is 14.4 Å². The topological polar surface area (TPSA) is 118 Å². The molecule has 1 unspecified atom stereocenters. The summed E-state index contributed by atoms with van der Waals surface area (Å²) in [7, 11) is 0. The highest BCUT2D eigenvalue weighted by Crippen LogP contribution is 2.38. The van der Waals surface area contributed by atoms with Crippen LogP contribution in [0.3, 0.4) is 0 Å². The summed E-state index contributed by atoms with van der Waals surface area (Å²) >= 11 is 0. The third-order valence-electron chi connectivity index (χ3n) is 5.21. The minimum atomic E-state index is -0.845. The average Bonchev–Trinajstić information content (AvgIpc) is 3.16. The van der Waals surface area contributed by atoms with E-state index in [1.165, 1.54) is 16.8 Å². The lowest BCUT2D eigenvalue weighted by molar-refractivity contribution is -0.138. The van der Waals surface area contributed by atoms with Crippen molar-refractivity contribution in [1.82, 2.24) is 14.8 Å². The summed E-state index contributed by atoms with van der Waals surface area (Å²) in [6, 6.07) is 8.16. The monoisotopic (exact) mass is 391 g/mol. The maximum absolute atomic E-state index is 13.6. The van der Waals surface area contributed by atoms with E-state index in [4.69, 9.17) is 10.8 Å². The number of benzene rings is 1. The number of hydrogen-bond acceptors (Lipinski definition) is 5. The van der Waals surface area contributed by atoms with Gasteiger partial charge in [0.15, 0.2) is 0 Å². The molecule has 4 rings (SSSR count). The van der Waals surface area contributed by atoms with Crippen molar-refractivity contribution >= 4 is 11.8 Å². The summed E-state index contributed by atoms with van der Waals surface area (Å²) in [4.78, 5) is 15.6. The number of carbonyl (C=O) groups is 1. The molecule has 0 bridgehead atoms. The Balaban J connectivity index is 1.82. The number of rotatable bonds is 4. The van der Waals surface area contributed by atoms with Crippen molar-refractivity contribution in [3.63, 3.8) is 0 Å². The van der Waals surface area contributed by atoms with Gasteiger partial charge in [0.05, 0.1) is 11.9 Å². The first-order valence-electron chi connectivity index (χ1n) is 9.20. The third-order valence-corrected chi connectivity index (χ3v) is 5.21. The molecule has 8 heteroatoms. The Morgan fingerprint density at radius 3 is 3.00 bits per heavy atom. The minimum Gasteiger partial charge on any atom is -0.481 e. The van der Waals surface area contributed by atoms with Crippen LogP contribution in [0.5, 0.6) is 0 Å². The van der Waals surface area contributed by atoms with E-state index in [1.807, 2.05) is 0 Å². The van der Waals surface area contributed by atoms with Crippen LogP contribution in [0.2, 0.25) is 0 Å². The fourth-order valence-corrected chi connectivity index (χ4v) is 3.91. The molecule has 0 saturated carbocycles. The maximum atomic E-state index is 13.6. The largest absolute Gasteiger partial charge is 0.481 e. The van der Waals surface area contributed by atoms with Gasteiger partial charge in [-0.3, -0.25) is 4.79 Å². The second-order valence-corrected chi connectivity index (χ2v) is 7.14. The van der Waals surface area contributed by atoms with Crippen molar-refractivity contribution in [2.24, 2.45) is 5.92 Å². The molecule has 3 aromatic rings. The number of carboxylic acid groups (broad SMARTS) is 1. The zero-order valence-electron chi connectivity index (χ0n) is 15.5. The Hall–Kier alpha value is -3.73. The number of aliphatic carboxylic acids is 1. The number of nitrogens with two attached hydrogens (primary N) is 1. The van der Waals surface area contributed by atoms with Crippen LogP contribution in [0.15, 0.2) is 36.7 Å². The standard InChI is InChI=1S/C21H18FN5O2/c22-14-2-1-3-15(8-14)27-11-13(10-25-27)20-16-6-12(7-19(28)29)4-5-18(16)26-21(24)17(20)9-23/h1-3,8,10-12H,4-7H2,(H2,24,26)(H,28,29). The first-order valence-corrected chi connectivity index (χ1v) is 9.20. The van der Waals surface area contributed by atoms with E-state index in [0.717, 1.165) is 11.3 Å². The molecule has 1 atom stereocenters. The summed E-state index contributed by atoms with van der Waals surface area (Å²) in [5.74, 6) is -1.10. The van der Waals surface area contributed by atoms with Crippen molar-refractivity contribution < 1.29 is 14.3 Å². The van der Waals surface area contributed by atoms with Gasteiger partial charge in [0.1, 0.15) is 23.3 Å². The van der Waals surface area contributed by atoms with Crippen LogP contribution in [0.1, 0.15) is 29.7 Å². The molecule has 2 heterocycles. The summed E-state index contributed by atoms with van der Waals surface area (Å²) in [6.07, 6.45) is 5.19. The lowest BCUT2D eigenvalue weighted by atomic mass is 9.80. The van der Waals surface area contributed by atoms with Crippen molar-refractivity contribution in [2.75, 3.05) is 5.73 Å². The molecule has 2 aromatic heterocycles. The van der Waals surface area contributed by atoms with Crippen molar-refractivity contribution in [2.45, 2.75) is 25.7 Å². The summed E-state index contributed by atoms with van der Waals surface area (Å²) in [5, 5.41) is 23.2. The van der Waals surface area contributed by atoms with Crippen molar-refractivity contribution in [3.05, 3.63) is 59.3 Å². The predicted octanol–water partition coefficient (Wildman–Crippen LogP) is 3.11. The summed E-state index contributed by atoms with van der Waals surface area (Å²) < 4.78 is 15.1. The highest BCUT2D eigenvalue weighted by Gasteiger charge is 2.28. The molecule has 0 radical (unpaired) electrons. The van der Waals surface area contributed by atoms with E-state index in [-0.39, 0.29) is 29.5 Å². The number of hydrogen-bond donors (Lipinski definition) is 2. The Morgan fingerprint density at radius 1 is 1.45 bits per heavy atom. The van der Waals surface area contributed by atoms with Gasteiger partial charge in [-0.2, -0.15) is 10.4 Å². The van der Waals surface area contributed by atoms with Crippen molar-refractivity contribution in [1.29, 1.82) is 5.26 Å². The molecule has 0 spiro atoms. The van der Waals surface area contributed by atoms with Gasteiger partial charge in [0.25, 0.3) is 0 Å². The smallest absolute Gasteiger partial charge is 0.303 e. The number of nitrogen functional groups attached to an aromatic ring is 1. The molecule has 7 nitrogen and oxygen atoms in total. The average molecular weight is 391 g/mol. The van der Waals surface area contributed by atoms with Crippen LogP contribution in [-0.2, 0) is 17.6 Å². The van der Waals surface area contributed by atoms with Gasteiger partial charge < -0.3 is 10.8 Å². The van der Waals surface area contributed by atoms with Crippen molar-refractivity contribution in [3.8, 4) is 22.9 Å². The molecule has 1 aliphatic rings. The van der Waals surface area contributed by atoms with E-state index >= 15 is 0 Å². The zero-order valence-corrected chi connectivity index (χ0v) is 15.5. The Morgan fingerprint density at radius 2 is 2.28 bits per heavy atom. The molecule has 146 valence electrons. The summed E-state index contributed by atoms with van der Waals surface area (Å²) in [5.41, 5.74) is 9.76. The lowest BCUT2D eigenvalue weighted by Crippen LogP contribution is -2.20. The molecular formula is C21H18FN5O2. The quantitative estimate of drug-likeness (QED) is 0.706. The van der Waals surface area contributed by atoms with E-state index < -0.39 is 5.97 Å². The highest BCUT2D eigenvalue weighted by atomic mass is 19.1. The number of nitriles is 1. The molecule has 0 saturated heterocycles. The number of halogens is 1. The Labute approximate surface area is 166 Å². The van der Waals surface area contributed by atoms with E-state index in [1.54, 1.807) is 24.5 Å². The van der Waals surface area contributed by atoms with Gasteiger partial charge in [-0.15, -0.1) is 0 Å². The van der Waals surface area contributed by atoms with Crippen LogP contribution in [-0.4, -0.2) is 25.8 Å². The van der Waals surface area contributed by atoms with Gasteiger partial charge >= 0.3 is 5.97 Å². The number of nitrogens with zero attached hydrogens (tertiary/aromatic N) is 4. The van der Waals surface area contributed by atoms with Crippen LogP contribution in [0.25, 0.3) is 16.8 Å². The summed E-state index contributed by atoms with van der Waals surface area (Å²) in [6.45, 7) is 0. The number of pyridine rings is 1. The molecule has 3 N–H and O–H groups in total. The van der Waals surface area contributed by atoms with Gasteiger partial charge in [0.2, 0.25) is 0 Å².